The van der Waals surface area contributed by atoms with Gasteiger partial charge in [0.2, 0.25) is 0 Å². The van der Waals surface area contributed by atoms with E-state index in [0.29, 0.717) is 11.1 Å². The van der Waals surface area contributed by atoms with Gasteiger partial charge in [-0.1, -0.05) is 19.2 Å². The number of allylic oxidation sites excluding steroid dienone is 5. The lowest BCUT2D eigenvalue weighted by atomic mass is 9.85. The van der Waals surface area contributed by atoms with Gasteiger partial charge in [0.1, 0.15) is 32.5 Å². The monoisotopic (exact) mass is 647 g/mol. The van der Waals surface area contributed by atoms with Gasteiger partial charge in [0, 0.05) is 54.9 Å². The lowest BCUT2D eigenvalue weighted by Gasteiger charge is -2.40. The summed E-state index contributed by atoms with van der Waals surface area (Å²) in [6, 6.07) is 5.53. The molecule has 9 nitrogen and oxygen atoms in total. The molecule has 7 rings (SSSR count). The molecule has 4 aliphatic heterocycles. The van der Waals surface area contributed by atoms with E-state index in [-0.39, 0.29) is 23.5 Å². The minimum absolute atomic E-state index is 0.0416. The van der Waals surface area contributed by atoms with Gasteiger partial charge in [-0.2, -0.15) is 0 Å². The summed E-state index contributed by atoms with van der Waals surface area (Å²) in [5.41, 5.74) is -1.19. The van der Waals surface area contributed by atoms with E-state index in [1.165, 1.54) is 0 Å². The number of aromatic carboxylic acids is 1. The number of halogens is 3. The fourth-order valence-corrected chi connectivity index (χ4v) is 9.76. The van der Waals surface area contributed by atoms with E-state index in [0.717, 1.165) is 60.8 Å². The van der Waals surface area contributed by atoms with Gasteiger partial charge in [0.25, 0.3) is 11.8 Å². The van der Waals surface area contributed by atoms with E-state index in [2.05, 4.69) is 22.6 Å². The number of hydrogen-bond acceptors (Lipinski definition) is 7. The summed E-state index contributed by atoms with van der Waals surface area (Å²) < 4.78 is 50.1. The molecule has 0 saturated carbocycles. The zero-order valence-corrected chi connectivity index (χ0v) is 26.0. The number of carboxylic acids is 1. The van der Waals surface area contributed by atoms with Crippen LogP contribution in [0.2, 0.25) is 13.1 Å². The van der Waals surface area contributed by atoms with E-state index < -0.39 is 66.0 Å². The Labute approximate surface area is 262 Å². The van der Waals surface area contributed by atoms with Gasteiger partial charge in [-0.05, 0) is 51.7 Å². The molecule has 0 spiro atoms. The smallest absolute Gasteiger partial charge is 0.369 e. The van der Waals surface area contributed by atoms with Crippen molar-refractivity contribution < 1.29 is 46.9 Å². The molecule has 2 aromatic carbocycles. The molecule has 0 aromatic heterocycles. The van der Waals surface area contributed by atoms with Gasteiger partial charge in [-0.3, -0.25) is 9.59 Å². The second-order valence-corrected chi connectivity index (χ2v) is 16.8. The quantitative estimate of drug-likeness (QED) is 0.212. The second-order valence-electron chi connectivity index (χ2n) is 12.5. The number of carbonyl (C=O) groups is 4. The number of carboxylic acid groups (broad SMARTS) is 1. The van der Waals surface area contributed by atoms with Gasteiger partial charge in [-0.15, -0.1) is 5.06 Å². The minimum Gasteiger partial charge on any atom is -0.545 e. The first-order chi connectivity index (χ1) is 21.9. The molecular formula is C33H28F3N3O6Si. The van der Waals surface area contributed by atoms with E-state index in [9.17, 15) is 24.3 Å². The summed E-state index contributed by atoms with van der Waals surface area (Å²) in [6.45, 7) is 7.66. The normalized spacial score (nSPS) is 19.9. The van der Waals surface area contributed by atoms with Gasteiger partial charge in [0.15, 0.2) is 17.3 Å². The Morgan fingerprint density at radius 3 is 2.20 bits per heavy atom. The summed E-state index contributed by atoms with van der Waals surface area (Å²) in [5.74, 6) is -11.8. The molecular weight excluding hydrogens is 619 g/mol. The molecule has 0 N–H and O–H groups in total. The third-order valence-corrected chi connectivity index (χ3v) is 13.0. The SMILES string of the molecule is C[Si]1(C)C2=CC(=[N+]3CCC3)C=CC2=C(c2c(F)c(C(=O)ON3C(=O)CCC3=O)c(F)c(F)c2C(=O)[O-])c2ccc(N3CCC3)cc21. The first-order valence-electron chi connectivity index (χ1n) is 15.1. The van der Waals surface area contributed by atoms with Crippen LogP contribution < -0.4 is 15.2 Å². The Morgan fingerprint density at radius 1 is 0.935 bits per heavy atom. The number of nitrogens with zero attached hydrogens (tertiary/aromatic N) is 3. The van der Waals surface area contributed by atoms with Crippen LogP contribution in [0.25, 0.3) is 5.57 Å². The number of rotatable bonds is 5. The standard InChI is InChI=1S/C33H28F3N3O6Si/c1-46(2)21-15-17(37-11-3-12-37)5-7-19(21)25(20-8-6-18(16-22(20)46)38-13-4-14-38)26-27(32(42)43)30(35)31(36)28(29(26)34)33(44)45-39-23(40)9-10-24(39)41/h5-8,15-16H,3-4,9-14H2,1-2H3. The maximum atomic E-state index is 16.7. The van der Waals surface area contributed by atoms with Crippen LogP contribution in [0.1, 0.15) is 57.5 Å². The molecule has 0 unspecified atom stereocenters. The molecule has 3 fully saturated rings. The van der Waals surface area contributed by atoms with Crippen molar-refractivity contribution in [1.82, 2.24) is 5.06 Å². The Morgan fingerprint density at radius 2 is 1.61 bits per heavy atom. The number of anilines is 1. The first kappa shape index (κ1) is 29.9. The molecule has 5 aliphatic rings. The van der Waals surface area contributed by atoms with Gasteiger partial charge >= 0.3 is 5.97 Å². The highest BCUT2D eigenvalue weighted by Crippen LogP contribution is 2.45. The molecule has 0 atom stereocenters. The maximum absolute atomic E-state index is 16.7. The molecule has 13 heteroatoms. The fourth-order valence-electron chi connectivity index (χ4n) is 6.69. The van der Waals surface area contributed by atoms with Crippen molar-refractivity contribution >= 4 is 54.0 Å². The number of fused-ring (bicyclic) bond motifs is 2. The van der Waals surface area contributed by atoms with Crippen LogP contribution in [0.4, 0.5) is 18.9 Å². The summed E-state index contributed by atoms with van der Waals surface area (Å²) in [6.07, 6.45) is 7.02. The molecule has 236 valence electrons. The zero-order chi connectivity index (χ0) is 32.7. The lowest BCUT2D eigenvalue weighted by Crippen LogP contribution is -2.50. The van der Waals surface area contributed by atoms with Crippen LogP contribution >= 0.6 is 0 Å². The van der Waals surface area contributed by atoms with Crippen molar-refractivity contribution in [3.63, 3.8) is 0 Å². The Hall–Kier alpha value is -4.78. The molecule has 2 aromatic rings. The molecule has 0 radical (unpaired) electrons. The van der Waals surface area contributed by atoms with Crippen LogP contribution in [-0.2, 0) is 14.4 Å². The van der Waals surface area contributed by atoms with Gasteiger partial charge < -0.3 is 19.6 Å². The molecule has 1 aliphatic carbocycles. The largest absolute Gasteiger partial charge is 0.545 e. The Bertz CT molecular complexity index is 1920. The topological polar surface area (TPSA) is 110 Å². The summed E-state index contributed by atoms with van der Waals surface area (Å²) >= 11 is 0. The Balaban J connectivity index is 1.51. The van der Waals surface area contributed by atoms with Crippen molar-refractivity contribution in [1.29, 1.82) is 0 Å². The van der Waals surface area contributed by atoms with Crippen molar-refractivity contribution in [2.75, 3.05) is 31.1 Å². The predicted octanol–water partition coefficient (Wildman–Crippen LogP) is 2.52. The van der Waals surface area contributed by atoms with Gasteiger partial charge in [0.05, 0.1) is 12.4 Å². The van der Waals surface area contributed by atoms with Gasteiger partial charge in [-0.25, -0.2) is 22.5 Å². The average molecular weight is 648 g/mol. The van der Waals surface area contributed by atoms with Crippen LogP contribution in [0.15, 0.2) is 47.2 Å². The van der Waals surface area contributed by atoms with Crippen LogP contribution in [0.3, 0.4) is 0 Å². The summed E-state index contributed by atoms with van der Waals surface area (Å²) in [7, 11) is -2.60. The van der Waals surface area contributed by atoms with Crippen LogP contribution in [0, 0.1) is 17.5 Å². The first-order valence-corrected chi connectivity index (χ1v) is 18.1. The van der Waals surface area contributed by atoms with Crippen LogP contribution in [0.5, 0.6) is 0 Å². The summed E-state index contributed by atoms with van der Waals surface area (Å²) in [5, 5.41) is 14.2. The summed E-state index contributed by atoms with van der Waals surface area (Å²) in [4.78, 5) is 56.6. The highest BCUT2D eigenvalue weighted by atomic mass is 28.3. The maximum Gasteiger partial charge on any atom is 0.369 e. The number of amides is 2. The molecule has 0 bridgehead atoms. The third-order valence-electron chi connectivity index (χ3n) is 9.49. The van der Waals surface area contributed by atoms with E-state index >= 15 is 13.2 Å². The number of imide groups is 1. The van der Waals surface area contributed by atoms with Crippen molar-refractivity contribution in [2.24, 2.45) is 0 Å². The highest BCUT2D eigenvalue weighted by Gasteiger charge is 2.44. The molecule has 46 heavy (non-hydrogen) atoms. The zero-order valence-electron chi connectivity index (χ0n) is 25.0. The molecule has 4 heterocycles. The molecule has 3 saturated heterocycles. The number of hydrogen-bond donors (Lipinski definition) is 0. The third kappa shape index (κ3) is 4.39. The van der Waals surface area contributed by atoms with E-state index in [4.69, 9.17) is 4.84 Å². The predicted molar refractivity (Wildman–Crippen MR) is 160 cm³/mol. The molecule has 2 amide bonds. The fraction of sp³-hybridized carbons (Fsp3) is 0.303. The lowest BCUT2D eigenvalue weighted by molar-refractivity contribution is -0.582. The second kappa shape index (κ2) is 10.6. The van der Waals surface area contributed by atoms with Crippen molar-refractivity contribution in [2.45, 2.75) is 38.8 Å². The highest BCUT2D eigenvalue weighted by molar-refractivity contribution is 6.98. The number of hydroxylamine groups is 2. The average Bonchev–Trinajstić information content (AvgIpc) is 3.26. The van der Waals surface area contributed by atoms with E-state index in [1.807, 2.05) is 24.3 Å². The Kier molecular flexibility index (Phi) is 6.92. The van der Waals surface area contributed by atoms with Crippen LogP contribution in [-0.4, -0.2) is 73.4 Å². The van der Waals surface area contributed by atoms with Crippen molar-refractivity contribution in [3.05, 3.63) is 86.9 Å². The van der Waals surface area contributed by atoms with Crippen molar-refractivity contribution in [3.8, 4) is 0 Å². The number of benzene rings is 2. The van der Waals surface area contributed by atoms with E-state index in [1.54, 1.807) is 12.1 Å². The number of carbonyl (C=O) groups excluding carboxylic acids is 4. The minimum atomic E-state index is -2.60.